The van der Waals surface area contributed by atoms with Crippen molar-refractivity contribution in [2.75, 3.05) is 18.4 Å². The Bertz CT molecular complexity index is 533. The number of alkyl halides is 2. The van der Waals surface area contributed by atoms with Gasteiger partial charge in [0.25, 0.3) is 5.91 Å². The summed E-state index contributed by atoms with van der Waals surface area (Å²) >= 11 is 0. The molecule has 0 aromatic carbocycles. The van der Waals surface area contributed by atoms with E-state index in [-0.39, 0.29) is 19.0 Å². The smallest absolute Gasteiger partial charge is 0.319 e. The normalized spacial score (nSPS) is 20.8. The first-order valence-electron chi connectivity index (χ1n) is 6.95. The van der Waals surface area contributed by atoms with E-state index < -0.39 is 17.7 Å². The van der Waals surface area contributed by atoms with Crippen LogP contribution in [0.5, 0.6) is 0 Å². The van der Waals surface area contributed by atoms with E-state index in [1.54, 1.807) is 6.20 Å². The molecule has 2 heterocycles. The van der Waals surface area contributed by atoms with E-state index in [9.17, 15) is 13.6 Å². The zero-order valence-corrected chi connectivity index (χ0v) is 12.3. The van der Waals surface area contributed by atoms with Crippen molar-refractivity contribution in [2.45, 2.75) is 31.6 Å². The van der Waals surface area contributed by atoms with E-state index in [2.05, 4.69) is 15.6 Å². The number of hydrogen-bond donors (Lipinski definition) is 2. The number of aromatic nitrogens is 1. The van der Waals surface area contributed by atoms with Gasteiger partial charge in [0.2, 0.25) is 0 Å². The van der Waals surface area contributed by atoms with Crippen LogP contribution in [-0.2, 0) is 17.6 Å². The maximum atomic E-state index is 14.1. The van der Waals surface area contributed by atoms with Crippen LogP contribution in [-0.4, -0.2) is 29.9 Å². The molecular weight excluding hydrogens is 300 g/mol. The first-order valence-corrected chi connectivity index (χ1v) is 6.95. The standard InChI is InChI=1S/C14H17F2N3O.ClH/c15-14(16,10-4-5-17-7-10)13(20)19-12-8-18-6-9-2-1-3-11(9)12;/h6,8,10,17H,1-5,7H2,(H,19,20);1H. The summed E-state index contributed by atoms with van der Waals surface area (Å²) < 4.78 is 28.2. The number of pyridine rings is 1. The van der Waals surface area contributed by atoms with Crippen LogP contribution in [0.3, 0.4) is 0 Å². The summed E-state index contributed by atoms with van der Waals surface area (Å²) in [5, 5.41) is 5.25. The van der Waals surface area contributed by atoms with Gasteiger partial charge in [-0.25, -0.2) is 0 Å². The SMILES string of the molecule is Cl.O=C(Nc1cncc2c1CCC2)C(F)(F)C1CCNC1. The minimum absolute atomic E-state index is 0. The summed E-state index contributed by atoms with van der Waals surface area (Å²) in [5.41, 5.74) is 2.44. The molecule has 3 rings (SSSR count). The van der Waals surface area contributed by atoms with E-state index in [1.807, 2.05) is 0 Å². The number of nitrogens with zero attached hydrogens (tertiary/aromatic N) is 1. The molecule has 0 radical (unpaired) electrons. The molecule has 116 valence electrons. The maximum Gasteiger partial charge on any atom is 0.328 e. The zero-order chi connectivity index (χ0) is 14.2. The summed E-state index contributed by atoms with van der Waals surface area (Å²) in [6.45, 7) is 0.724. The average molecular weight is 318 g/mol. The predicted octanol–water partition coefficient (Wildman–Crippen LogP) is 2.18. The van der Waals surface area contributed by atoms with Crippen molar-refractivity contribution in [1.82, 2.24) is 10.3 Å². The third-order valence-electron chi connectivity index (χ3n) is 4.14. The highest BCUT2D eigenvalue weighted by molar-refractivity contribution is 5.97. The Hall–Kier alpha value is -1.27. The van der Waals surface area contributed by atoms with E-state index in [0.717, 1.165) is 30.4 Å². The lowest BCUT2D eigenvalue weighted by Gasteiger charge is -2.22. The van der Waals surface area contributed by atoms with Crippen molar-refractivity contribution in [1.29, 1.82) is 0 Å². The fraction of sp³-hybridized carbons (Fsp3) is 0.571. The third-order valence-corrected chi connectivity index (χ3v) is 4.14. The molecule has 2 aliphatic rings. The number of fused-ring (bicyclic) bond motifs is 1. The van der Waals surface area contributed by atoms with Crippen LogP contribution < -0.4 is 10.6 Å². The van der Waals surface area contributed by atoms with E-state index in [4.69, 9.17) is 0 Å². The zero-order valence-electron chi connectivity index (χ0n) is 11.5. The van der Waals surface area contributed by atoms with Gasteiger partial charge in [-0.05, 0) is 43.4 Å². The Morgan fingerprint density at radius 2 is 2.19 bits per heavy atom. The second-order valence-corrected chi connectivity index (χ2v) is 5.45. The Balaban J connectivity index is 0.00000161. The molecule has 21 heavy (non-hydrogen) atoms. The molecule has 0 spiro atoms. The van der Waals surface area contributed by atoms with Crippen molar-refractivity contribution in [3.63, 3.8) is 0 Å². The quantitative estimate of drug-likeness (QED) is 0.898. The van der Waals surface area contributed by atoms with Gasteiger partial charge in [0.1, 0.15) is 0 Å². The average Bonchev–Trinajstić information content (AvgIpc) is 3.10. The number of carbonyl (C=O) groups is 1. The summed E-state index contributed by atoms with van der Waals surface area (Å²) in [7, 11) is 0. The van der Waals surface area contributed by atoms with Crippen molar-refractivity contribution < 1.29 is 13.6 Å². The highest BCUT2D eigenvalue weighted by Crippen LogP contribution is 2.33. The lowest BCUT2D eigenvalue weighted by atomic mass is 9.99. The number of amides is 1. The van der Waals surface area contributed by atoms with Crippen LogP contribution in [0.2, 0.25) is 0 Å². The third kappa shape index (κ3) is 3.01. The number of nitrogens with one attached hydrogen (secondary N) is 2. The molecule has 1 amide bonds. The first kappa shape index (κ1) is 16.1. The molecule has 7 heteroatoms. The van der Waals surface area contributed by atoms with Crippen LogP contribution in [0.1, 0.15) is 24.0 Å². The van der Waals surface area contributed by atoms with Crippen LogP contribution >= 0.6 is 12.4 Å². The minimum Gasteiger partial charge on any atom is -0.319 e. The summed E-state index contributed by atoms with van der Waals surface area (Å²) in [6.07, 6.45) is 6.22. The van der Waals surface area contributed by atoms with Gasteiger partial charge in [0.05, 0.1) is 11.9 Å². The summed E-state index contributed by atoms with van der Waals surface area (Å²) in [6, 6.07) is 0. The van der Waals surface area contributed by atoms with E-state index >= 15 is 0 Å². The van der Waals surface area contributed by atoms with Gasteiger partial charge >= 0.3 is 5.92 Å². The number of aryl methyl sites for hydroxylation is 1. The Kier molecular flexibility index (Phi) is 4.78. The van der Waals surface area contributed by atoms with Crippen LogP contribution in [0.25, 0.3) is 0 Å². The van der Waals surface area contributed by atoms with Gasteiger partial charge in [-0.3, -0.25) is 9.78 Å². The molecule has 1 aliphatic heterocycles. The lowest BCUT2D eigenvalue weighted by molar-refractivity contribution is -0.146. The van der Waals surface area contributed by atoms with Gasteiger partial charge in [-0.1, -0.05) is 0 Å². The number of hydrogen-bond acceptors (Lipinski definition) is 3. The van der Waals surface area contributed by atoms with Gasteiger partial charge in [0.15, 0.2) is 0 Å². The van der Waals surface area contributed by atoms with Gasteiger partial charge in [0, 0.05) is 18.7 Å². The van der Waals surface area contributed by atoms with Crippen LogP contribution in [0.4, 0.5) is 14.5 Å². The lowest BCUT2D eigenvalue weighted by Crippen LogP contribution is -2.42. The highest BCUT2D eigenvalue weighted by atomic mass is 35.5. The number of rotatable bonds is 3. The minimum atomic E-state index is -3.34. The summed E-state index contributed by atoms with van der Waals surface area (Å²) in [5.74, 6) is -5.48. The van der Waals surface area contributed by atoms with E-state index in [0.29, 0.717) is 18.7 Å². The molecule has 1 atom stereocenters. The van der Waals surface area contributed by atoms with Gasteiger partial charge in [-0.2, -0.15) is 8.78 Å². The monoisotopic (exact) mass is 317 g/mol. The highest BCUT2D eigenvalue weighted by Gasteiger charge is 2.48. The second-order valence-electron chi connectivity index (χ2n) is 5.45. The molecule has 0 bridgehead atoms. The van der Waals surface area contributed by atoms with Crippen molar-refractivity contribution >= 4 is 24.0 Å². The predicted molar refractivity (Wildman–Crippen MR) is 78.1 cm³/mol. The molecule has 1 aromatic heterocycles. The van der Waals surface area contributed by atoms with Gasteiger partial charge in [-0.15, -0.1) is 12.4 Å². The van der Waals surface area contributed by atoms with Crippen LogP contribution in [0.15, 0.2) is 12.4 Å². The largest absolute Gasteiger partial charge is 0.328 e. The molecule has 0 saturated carbocycles. The Morgan fingerprint density at radius 1 is 1.38 bits per heavy atom. The summed E-state index contributed by atoms with van der Waals surface area (Å²) in [4.78, 5) is 15.9. The van der Waals surface area contributed by atoms with Gasteiger partial charge < -0.3 is 10.6 Å². The molecular formula is C14H18ClF2N3O. The topological polar surface area (TPSA) is 54.0 Å². The second kappa shape index (κ2) is 6.23. The number of halogens is 3. The molecule has 1 fully saturated rings. The number of carbonyl (C=O) groups excluding carboxylic acids is 1. The van der Waals surface area contributed by atoms with Crippen LogP contribution in [0, 0.1) is 5.92 Å². The molecule has 1 aliphatic carbocycles. The Morgan fingerprint density at radius 3 is 2.90 bits per heavy atom. The molecule has 1 saturated heterocycles. The molecule has 2 N–H and O–H groups in total. The first-order chi connectivity index (χ1) is 9.59. The fourth-order valence-electron chi connectivity index (χ4n) is 2.96. The van der Waals surface area contributed by atoms with Crippen molar-refractivity contribution in [3.05, 3.63) is 23.5 Å². The molecule has 4 nitrogen and oxygen atoms in total. The van der Waals surface area contributed by atoms with E-state index in [1.165, 1.54) is 6.20 Å². The maximum absolute atomic E-state index is 14.1. The molecule has 1 aromatic rings. The van der Waals surface area contributed by atoms with Crippen molar-refractivity contribution in [2.24, 2.45) is 5.92 Å². The fourth-order valence-corrected chi connectivity index (χ4v) is 2.96. The molecule has 1 unspecified atom stereocenters. The Labute approximate surface area is 128 Å². The van der Waals surface area contributed by atoms with Crippen molar-refractivity contribution in [3.8, 4) is 0 Å². The number of anilines is 1.